The highest BCUT2D eigenvalue weighted by atomic mass is 16.5. The fraction of sp³-hybridized carbons (Fsp3) is 0.148. The number of methoxy groups -OCH3 is 2. The van der Waals surface area contributed by atoms with Gasteiger partial charge < -0.3 is 19.9 Å². The van der Waals surface area contributed by atoms with E-state index in [1.54, 1.807) is 72.8 Å². The maximum atomic E-state index is 13.3. The lowest BCUT2D eigenvalue weighted by Gasteiger charge is -2.27. The van der Waals surface area contributed by atoms with Gasteiger partial charge in [-0.3, -0.25) is 19.3 Å². The summed E-state index contributed by atoms with van der Waals surface area (Å²) in [5.41, 5.74) is 1.80. The van der Waals surface area contributed by atoms with Crippen LogP contribution >= 0.6 is 0 Å². The number of rotatable bonds is 6. The Balaban J connectivity index is 1.93. The Labute approximate surface area is 202 Å². The molecule has 1 saturated heterocycles. The predicted octanol–water partition coefficient (Wildman–Crippen LogP) is 4.29. The number of anilines is 2. The number of nitrogens with one attached hydrogen (secondary N) is 1. The molecular formula is C27H24N2O6. The van der Waals surface area contributed by atoms with Gasteiger partial charge in [0.15, 0.2) is 0 Å². The zero-order chi connectivity index (χ0) is 25.1. The van der Waals surface area contributed by atoms with Crippen molar-refractivity contribution in [2.75, 3.05) is 24.4 Å². The van der Waals surface area contributed by atoms with Gasteiger partial charge in [-0.25, -0.2) is 0 Å². The Morgan fingerprint density at radius 1 is 0.943 bits per heavy atom. The van der Waals surface area contributed by atoms with Crippen molar-refractivity contribution >= 4 is 34.7 Å². The van der Waals surface area contributed by atoms with Crippen molar-refractivity contribution in [3.05, 3.63) is 89.5 Å². The number of Topliss-reactive ketones (excluding diaryl/α,β-unsaturated/α-hetero) is 1. The van der Waals surface area contributed by atoms with E-state index < -0.39 is 17.7 Å². The van der Waals surface area contributed by atoms with Gasteiger partial charge in [0.25, 0.3) is 11.7 Å². The van der Waals surface area contributed by atoms with E-state index in [-0.39, 0.29) is 17.2 Å². The Morgan fingerprint density at radius 3 is 2.23 bits per heavy atom. The highest BCUT2D eigenvalue weighted by molar-refractivity contribution is 6.51. The molecule has 1 atom stereocenters. The molecule has 8 heteroatoms. The highest BCUT2D eigenvalue weighted by Gasteiger charge is 2.48. The summed E-state index contributed by atoms with van der Waals surface area (Å²) in [4.78, 5) is 39.3. The SMILES string of the molecule is COc1ccc(C2C(=C(O)c3ccccc3)C(=O)C(=O)N2c2ccc(NC(C)=O)cc2)c(OC)c1. The number of amides is 2. The van der Waals surface area contributed by atoms with E-state index in [0.29, 0.717) is 34.0 Å². The number of benzene rings is 3. The second-order valence-electron chi connectivity index (χ2n) is 7.87. The highest BCUT2D eigenvalue weighted by Crippen LogP contribution is 2.45. The monoisotopic (exact) mass is 472 g/mol. The van der Waals surface area contributed by atoms with Crippen molar-refractivity contribution in [3.63, 3.8) is 0 Å². The van der Waals surface area contributed by atoms with E-state index in [2.05, 4.69) is 5.32 Å². The Hall–Kier alpha value is -4.59. The van der Waals surface area contributed by atoms with Crippen LogP contribution in [0.3, 0.4) is 0 Å². The minimum atomic E-state index is -0.970. The average molecular weight is 472 g/mol. The van der Waals surface area contributed by atoms with Gasteiger partial charge >= 0.3 is 0 Å². The van der Waals surface area contributed by atoms with E-state index in [0.717, 1.165) is 0 Å². The van der Waals surface area contributed by atoms with Crippen LogP contribution in [0.2, 0.25) is 0 Å². The van der Waals surface area contributed by atoms with E-state index >= 15 is 0 Å². The number of aliphatic hydroxyl groups is 1. The Kier molecular flexibility index (Phi) is 6.55. The molecule has 1 heterocycles. The molecule has 3 aromatic carbocycles. The fourth-order valence-electron chi connectivity index (χ4n) is 4.10. The normalized spacial score (nSPS) is 16.8. The molecule has 0 spiro atoms. The third-order valence-electron chi connectivity index (χ3n) is 5.69. The molecule has 0 radical (unpaired) electrons. The third-order valence-corrected chi connectivity index (χ3v) is 5.69. The van der Waals surface area contributed by atoms with Gasteiger partial charge in [0, 0.05) is 35.5 Å². The lowest BCUT2D eigenvalue weighted by atomic mass is 9.94. The summed E-state index contributed by atoms with van der Waals surface area (Å²) < 4.78 is 10.9. The summed E-state index contributed by atoms with van der Waals surface area (Å²) in [6, 6.07) is 19.2. The van der Waals surface area contributed by atoms with Crippen molar-refractivity contribution in [2.45, 2.75) is 13.0 Å². The van der Waals surface area contributed by atoms with Crippen LogP contribution in [-0.4, -0.2) is 36.9 Å². The molecule has 1 aliphatic heterocycles. The van der Waals surface area contributed by atoms with Gasteiger partial charge in [0.1, 0.15) is 17.3 Å². The molecule has 1 aliphatic rings. The number of ketones is 1. The van der Waals surface area contributed by atoms with Crippen molar-refractivity contribution < 1.29 is 29.0 Å². The number of hydrogen-bond acceptors (Lipinski definition) is 6. The number of ether oxygens (including phenoxy) is 2. The van der Waals surface area contributed by atoms with Crippen LogP contribution in [0.1, 0.15) is 24.1 Å². The van der Waals surface area contributed by atoms with Crippen LogP contribution in [0.5, 0.6) is 11.5 Å². The molecule has 1 fully saturated rings. The molecular weight excluding hydrogens is 448 g/mol. The molecule has 8 nitrogen and oxygen atoms in total. The second-order valence-corrected chi connectivity index (χ2v) is 7.87. The van der Waals surface area contributed by atoms with Crippen LogP contribution in [0.4, 0.5) is 11.4 Å². The minimum Gasteiger partial charge on any atom is -0.507 e. The van der Waals surface area contributed by atoms with Gasteiger partial charge in [0.2, 0.25) is 5.91 Å². The summed E-state index contributed by atoms with van der Waals surface area (Å²) in [6.07, 6.45) is 0. The number of carbonyl (C=O) groups excluding carboxylic acids is 3. The number of aliphatic hydroxyl groups excluding tert-OH is 1. The molecule has 35 heavy (non-hydrogen) atoms. The van der Waals surface area contributed by atoms with Crippen molar-refractivity contribution in [3.8, 4) is 11.5 Å². The summed E-state index contributed by atoms with van der Waals surface area (Å²) in [5, 5.41) is 13.9. The maximum absolute atomic E-state index is 13.3. The molecule has 0 aliphatic carbocycles. The molecule has 2 N–H and O–H groups in total. The van der Waals surface area contributed by atoms with E-state index in [4.69, 9.17) is 9.47 Å². The van der Waals surface area contributed by atoms with Gasteiger partial charge in [-0.2, -0.15) is 0 Å². The summed E-state index contributed by atoms with van der Waals surface area (Å²) >= 11 is 0. The summed E-state index contributed by atoms with van der Waals surface area (Å²) in [5.74, 6) is -1.22. The van der Waals surface area contributed by atoms with Crippen molar-refractivity contribution in [2.24, 2.45) is 0 Å². The largest absolute Gasteiger partial charge is 0.507 e. The fourth-order valence-corrected chi connectivity index (χ4v) is 4.10. The first kappa shape index (κ1) is 23.6. The van der Waals surface area contributed by atoms with Crippen LogP contribution in [0.25, 0.3) is 5.76 Å². The lowest BCUT2D eigenvalue weighted by molar-refractivity contribution is -0.132. The topological polar surface area (TPSA) is 105 Å². The van der Waals surface area contributed by atoms with E-state index in [1.165, 1.54) is 26.0 Å². The first-order chi connectivity index (χ1) is 16.8. The van der Waals surface area contributed by atoms with Gasteiger partial charge in [-0.05, 0) is 36.4 Å². The number of hydrogen-bond donors (Lipinski definition) is 2. The standard InChI is InChI=1S/C27H24N2O6/c1-16(30)28-18-9-11-19(12-10-18)29-24(21-14-13-20(34-2)15-22(21)35-3)23(26(32)27(29)33)25(31)17-7-5-4-6-8-17/h4-15,24,31H,1-3H3,(H,28,30). The van der Waals surface area contributed by atoms with Crippen LogP contribution < -0.4 is 19.7 Å². The zero-order valence-corrected chi connectivity index (χ0v) is 19.4. The zero-order valence-electron chi connectivity index (χ0n) is 19.4. The summed E-state index contributed by atoms with van der Waals surface area (Å²) in [6.45, 7) is 1.39. The van der Waals surface area contributed by atoms with Gasteiger partial charge in [-0.1, -0.05) is 30.3 Å². The van der Waals surface area contributed by atoms with Crippen LogP contribution in [0.15, 0.2) is 78.4 Å². The van der Waals surface area contributed by atoms with Gasteiger partial charge in [0.05, 0.1) is 25.8 Å². The summed E-state index contributed by atoms with van der Waals surface area (Å²) in [7, 11) is 3.00. The molecule has 4 rings (SSSR count). The van der Waals surface area contributed by atoms with Gasteiger partial charge in [-0.15, -0.1) is 0 Å². The van der Waals surface area contributed by atoms with Crippen molar-refractivity contribution in [1.29, 1.82) is 0 Å². The molecule has 0 aromatic heterocycles. The first-order valence-corrected chi connectivity index (χ1v) is 10.8. The maximum Gasteiger partial charge on any atom is 0.300 e. The van der Waals surface area contributed by atoms with Crippen molar-refractivity contribution in [1.82, 2.24) is 0 Å². The predicted molar refractivity (Wildman–Crippen MR) is 132 cm³/mol. The second kappa shape index (κ2) is 9.72. The van der Waals surface area contributed by atoms with Crippen LogP contribution in [-0.2, 0) is 14.4 Å². The average Bonchev–Trinajstić information content (AvgIpc) is 3.13. The molecule has 3 aromatic rings. The molecule has 0 bridgehead atoms. The minimum absolute atomic E-state index is 0.0596. The molecule has 0 saturated carbocycles. The van der Waals surface area contributed by atoms with Crippen LogP contribution in [0, 0.1) is 0 Å². The number of carbonyl (C=O) groups is 3. The first-order valence-electron chi connectivity index (χ1n) is 10.8. The molecule has 1 unspecified atom stereocenters. The molecule has 2 amide bonds. The smallest absolute Gasteiger partial charge is 0.300 e. The van der Waals surface area contributed by atoms with E-state index in [9.17, 15) is 19.5 Å². The third kappa shape index (κ3) is 4.46. The Bertz CT molecular complexity index is 1320. The Morgan fingerprint density at radius 2 is 1.63 bits per heavy atom. The quantitative estimate of drug-likeness (QED) is 0.315. The molecule has 178 valence electrons. The lowest BCUT2D eigenvalue weighted by Crippen LogP contribution is -2.29. The number of nitrogens with zero attached hydrogens (tertiary/aromatic N) is 1. The van der Waals surface area contributed by atoms with E-state index in [1.807, 2.05) is 0 Å².